The lowest BCUT2D eigenvalue weighted by molar-refractivity contribution is -0.132. The van der Waals surface area contributed by atoms with Crippen LogP contribution in [0.15, 0.2) is 0 Å². The summed E-state index contributed by atoms with van der Waals surface area (Å²) in [5, 5.41) is 6.72. The minimum Gasteiger partial charge on any atom is -0.330 e. The Labute approximate surface area is 134 Å². The average Bonchev–Trinajstić information content (AvgIpc) is 2.47. The Morgan fingerprint density at radius 3 is 1.64 bits per heavy atom. The Bertz CT molecular complexity index is 307. The van der Waals surface area contributed by atoms with Crippen molar-refractivity contribution in [2.75, 3.05) is 32.7 Å². The fraction of sp³-hybridized carbons (Fsp3) is 0.875. The SMILES string of the molecule is CC(=O)C(N)(CCCNCCCCNCCCCN)C(C)=O. The third kappa shape index (κ3) is 9.25. The van der Waals surface area contributed by atoms with Crippen molar-refractivity contribution in [1.29, 1.82) is 0 Å². The fourth-order valence-electron chi connectivity index (χ4n) is 2.24. The van der Waals surface area contributed by atoms with Gasteiger partial charge >= 0.3 is 0 Å². The van der Waals surface area contributed by atoms with E-state index >= 15 is 0 Å². The highest BCUT2D eigenvalue weighted by molar-refractivity contribution is 6.09. The molecule has 0 saturated heterocycles. The van der Waals surface area contributed by atoms with Crippen LogP contribution >= 0.6 is 0 Å². The van der Waals surface area contributed by atoms with Crippen LogP contribution in [-0.2, 0) is 9.59 Å². The van der Waals surface area contributed by atoms with E-state index in [1.54, 1.807) is 0 Å². The molecule has 6 heteroatoms. The zero-order valence-electron chi connectivity index (χ0n) is 14.2. The van der Waals surface area contributed by atoms with Crippen LogP contribution in [0.2, 0.25) is 0 Å². The number of hydrogen-bond donors (Lipinski definition) is 4. The molecule has 6 nitrogen and oxygen atoms in total. The highest BCUT2D eigenvalue weighted by Gasteiger charge is 2.34. The van der Waals surface area contributed by atoms with Crippen molar-refractivity contribution < 1.29 is 9.59 Å². The fourth-order valence-corrected chi connectivity index (χ4v) is 2.24. The molecule has 0 radical (unpaired) electrons. The molecule has 0 aromatic heterocycles. The number of carbonyl (C=O) groups excluding carboxylic acids is 2. The topological polar surface area (TPSA) is 110 Å². The smallest absolute Gasteiger partial charge is 0.157 e. The molecule has 0 aliphatic carbocycles. The quantitative estimate of drug-likeness (QED) is 0.256. The van der Waals surface area contributed by atoms with Crippen molar-refractivity contribution in [1.82, 2.24) is 10.6 Å². The van der Waals surface area contributed by atoms with E-state index in [0.717, 1.165) is 64.8 Å². The molecule has 0 unspecified atom stereocenters. The maximum atomic E-state index is 11.5. The Morgan fingerprint density at radius 1 is 0.818 bits per heavy atom. The molecule has 0 aromatic rings. The molecule has 6 N–H and O–H groups in total. The molecule has 0 atom stereocenters. The minimum absolute atomic E-state index is 0.249. The first kappa shape index (κ1) is 21.2. The minimum atomic E-state index is -1.30. The Hall–Kier alpha value is -0.820. The molecule has 0 aliphatic heterocycles. The summed E-state index contributed by atoms with van der Waals surface area (Å²) < 4.78 is 0. The number of ketones is 2. The predicted molar refractivity (Wildman–Crippen MR) is 90.8 cm³/mol. The first-order valence-electron chi connectivity index (χ1n) is 8.37. The summed E-state index contributed by atoms with van der Waals surface area (Å²) >= 11 is 0. The van der Waals surface area contributed by atoms with E-state index in [1.807, 2.05) is 0 Å². The van der Waals surface area contributed by atoms with Crippen LogP contribution in [0.25, 0.3) is 0 Å². The van der Waals surface area contributed by atoms with Crippen LogP contribution in [0.1, 0.15) is 52.4 Å². The first-order chi connectivity index (χ1) is 10.4. The predicted octanol–water partition coefficient (Wildman–Crippen LogP) is 0.340. The van der Waals surface area contributed by atoms with Crippen LogP contribution in [0.3, 0.4) is 0 Å². The van der Waals surface area contributed by atoms with E-state index in [4.69, 9.17) is 11.5 Å². The summed E-state index contributed by atoms with van der Waals surface area (Å²) in [6, 6.07) is 0. The van der Waals surface area contributed by atoms with E-state index in [9.17, 15) is 9.59 Å². The van der Waals surface area contributed by atoms with Gasteiger partial charge in [-0.3, -0.25) is 9.59 Å². The van der Waals surface area contributed by atoms with Gasteiger partial charge < -0.3 is 22.1 Å². The zero-order chi connectivity index (χ0) is 16.8. The van der Waals surface area contributed by atoms with Gasteiger partial charge in [0.05, 0.1) is 0 Å². The number of carbonyl (C=O) groups is 2. The van der Waals surface area contributed by atoms with Gasteiger partial charge in [0.1, 0.15) is 5.54 Å². The van der Waals surface area contributed by atoms with Crippen LogP contribution in [0, 0.1) is 0 Å². The molecule has 0 aliphatic rings. The second-order valence-electron chi connectivity index (χ2n) is 5.89. The summed E-state index contributed by atoms with van der Waals surface area (Å²) in [5.74, 6) is -0.499. The van der Waals surface area contributed by atoms with Gasteiger partial charge in [-0.2, -0.15) is 0 Å². The molecular weight excluding hydrogens is 280 g/mol. The van der Waals surface area contributed by atoms with Crippen molar-refractivity contribution >= 4 is 11.6 Å². The monoisotopic (exact) mass is 314 g/mol. The van der Waals surface area contributed by atoms with Crippen LogP contribution < -0.4 is 22.1 Å². The lowest BCUT2D eigenvalue weighted by Crippen LogP contribution is -2.53. The van der Waals surface area contributed by atoms with Gasteiger partial charge in [0.15, 0.2) is 11.6 Å². The third-order valence-corrected chi connectivity index (χ3v) is 3.95. The molecule has 0 spiro atoms. The lowest BCUT2D eigenvalue weighted by Gasteiger charge is -2.23. The average molecular weight is 314 g/mol. The molecule has 0 fully saturated rings. The molecule has 0 saturated carbocycles. The van der Waals surface area contributed by atoms with Gasteiger partial charge in [0.2, 0.25) is 0 Å². The summed E-state index contributed by atoms with van der Waals surface area (Å²) in [4.78, 5) is 22.9. The van der Waals surface area contributed by atoms with Gasteiger partial charge in [0.25, 0.3) is 0 Å². The van der Waals surface area contributed by atoms with Crippen molar-refractivity contribution in [2.45, 2.75) is 57.9 Å². The second-order valence-corrected chi connectivity index (χ2v) is 5.89. The van der Waals surface area contributed by atoms with E-state index in [0.29, 0.717) is 6.42 Å². The van der Waals surface area contributed by atoms with E-state index < -0.39 is 5.54 Å². The van der Waals surface area contributed by atoms with Gasteiger partial charge in [-0.05, 0) is 85.1 Å². The largest absolute Gasteiger partial charge is 0.330 e. The molecule has 0 aromatic carbocycles. The van der Waals surface area contributed by atoms with Gasteiger partial charge in [-0.1, -0.05) is 0 Å². The highest BCUT2D eigenvalue weighted by atomic mass is 16.2. The zero-order valence-corrected chi connectivity index (χ0v) is 14.2. The molecule has 0 heterocycles. The second kappa shape index (κ2) is 12.7. The van der Waals surface area contributed by atoms with Crippen LogP contribution in [0.5, 0.6) is 0 Å². The standard InChI is InChI=1S/C16H34N4O2/c1-14(21)16(18,15(2)22)8-7-13-20-12-6-5-11-19-10-4-3-9-17/h19-20H,3-13,17-18H2,1-2H3. The summed E-state index contributed by atoms with van der Waals surface area (Å²) in [6.45, 7) is 7.34. The highest BCUT2D eigenvalue weighted by Crippen LogP contribution is 2.12. The maximum absolute atomic E-state index is 11.5. The Morgan fingerprint density at radius 2 is 1.23 bits per heavy atom. The summed E-state index contributed by atoms with van der Waals surface area (Å²) in [5.41, 5.74) is 10.0. The number of nitrogens with two attached hydrogens (primary N) is 2. The van der Waals surface area contributed by atoms with E-state index in [2.05, 4.69) is 10.6 Å². The lowest BCUT2D eigenvalue weighted by atomic mass is 9.87. The number of unbranched alkanes of at least 4 members (excludes halogenated alkanes) is 2. The van der Waals surface area contributed by atoms with Gasteiger partial charge in [0, 0.05) is 0 Å². The molecule has 130 valence electrons. The summed E-state index contributed by atoms with van der Waals surface area (Å²) in [7, 11) is 0. The van der Waals surface area contributed by atoms with Crippen LogP contribution in [-0.4, -0.2) is 49.8 Å². The maximum Gasteiger partial charge on any atom is 0.157 e. The van der Waals surface area contributed by atoms with E-state index in [1.165, 1.54) is 13.8 Å². The van der Waals surface area contributed by atoms with Crippen molar-refractivity contribution in [3.63, 3.8) is 0 Å². The molecule has 22 heavy (non-hydrogen) atoms. The van der Waals surface area contributed by atoms with Crippen molar-refractivity contribution in [3.8, 4) is 0 Å². The Kier molecular flexibility index (Phi) is 12.2. The normalized spacial score (nSPS) is 11.6. The molecule has 0 amide bonds. The van der Waals surface area contributed by atoms with E-state index in [-0.39, 0.29) is 11.6 Å². The molecule has 0 bridgehead atoms. The van der Waals surface area contributed by atoms with Crippen LogP contribution in [0.4, 0.5) is 0 Å². The third-order valence-electron chi connectivity index (χ3n) is 3.95. The number of rotatable bonds is 15. The summed E-state index contributed by atoms with van der Waals surface area (Å²) in [6.07, 6.45) is 5.61. The molecule has 0 rings (SSSR count). The first-order valence-corrected chi connectivity index (χ1v) is 8.37. The number of nitrogens with one attached hydrogen (secondary N) is 2. The Balaban J connectivity index is 3.47. The number of hydrogen-bond acceptors (Lipinski definition) is 6. The molecular formula is C16H34N4O2. The van der Waals surface area contributed by atoms with Gasteiger partial charge in [-0.15, -0.1) is 0 Å². The van der Waals surface area contributed by atoms with Crippen molar-refractivity contribution in [2.24, 2.45) is 11.5 Å². The van der Waals surface area contributed by atoms with Gasteiger partial charge in [-0.25, -0.2) is 0 Å². The van der Waals surface area contributed by atoms with Crippen molar-refractivity contribution in [3.05, 3.63) is 0 Å². The number of Topliss-reactive ketones (excluding diaryl/α,β-unsaturated/α-hetero) is 2.